The zero-order valence-corrected chi connectivity index (χ0v) is 7.22. The lowest BCUT2D eigenvalue weighted by molar-refractivity contribution is 0.952. The second kappa shape index (κ2) is 3.56. The minimum Gasteiger partial charge on any atom is -0.0620 e. The van der Waals surface area contributed by atoms with Crippen molar-refractivity contribution in [2.45, 2.75) is 20.3 Å². The summed E-state index contributed by atoms with van der Waals surface area (Å²) >= 11 is 0. The highest BCUT2D eigenvalue weighted by atomic mass is 14.0. The predicted octanol–water partition coefficient (Wildman–Crippen LogP) is 3.03. The lowest BCUT2D eigenvalue weighted by atomic mass is 9.99. The molecule has 0 saturated carbocycles. The molecule has 0 atom stereocenters. The Balaban J connectivity index is 2.78. The Labute approximate surface area is 69.3 Å². The van der Waals surface area contributed by atoms with Crippen LogP contribution >= 0.6 is 0 Å². The van der Waals surface area contributed by atoms with E-state index in [1.54, 1.807) is 0 Å². The maximum Gasteiger partial charge on any atom is -0.0219 e. The molecular formula is C11H14. The van der Waals surface area contributed by atoms with Gasteiger partial charge in [-0.2, -0.15) is 0 Å². The molecule has 0 aliphatic heterocycles. The third-order valence-electron chi connectivity index (χ3n) is 1.66. The summed E-state index contributed by atoms with van der Waals surface area (Å²) in [4.78, 5) is 0. The average molecular weight is 146 g/mol. The van der Waals surface area contributed by atoms with E-state index in [0.29, 0.717) is 0 Å². The maximum atomic E-state index is 3.96. The second-order valence-electron chi connectivity index (χ2n) is 3.15. The topological polar surface area (TPSA) is 0 Å². The van der Waals surface area contributed by atoms with Gasteiger partial charge in [-0.25, -0.2) is 0 Å². The standard InChI is InChI=1S/C11H14/c1-9(2)8-11-7-5-4-6-10(11)3/h4-7H,3,8H2,1-2H3. The van der Waals surface area contributed by atoms with Crippen LogP contribution in [0.15, 0.2) is 24.3 Å². The molecule has 0 fully saturated rings. The van der Waals surface area contributed by atoms with E-state index in [9.17, 15) is 0 Å². The Morgan fingerprint density at radius 1 is 1.27 bits per heavy atom. The van der Waals surface area contributed by atoms with Gasteiger partial charge in [0.2, 0.25) is 0 Å². The number of benzene rings is 1. The second-order valence-corrected chi connectivity index (χ2v) is 3.15. The molecule has 0 aliphatic rings. The Morgan fingerprint density at radius 2 is 1.91 bits per heavy atom. The molecule has 58 valence electrons. The fourth-order valence-electron chi connectivity index (χ4n) is 1.11. The van der Waals surface area contributed by atoms with Gasteiger partial charge in [0, 0.05) is 0 Å². The van der Waals surface area contributed by atoms with Crippen LogP contribution < -0.4 is 0 Å². The maximum absolute atomic E-state index is 3.96. The van der Waals surface area contributed by atoms with Gasteiger partial charge in [0.25, 0.3) is 0 Å². The van der Waals surface area contributed by atoms with Crippen molar-refractivity contribution in [2.75, 3.05) is 0 Å². The molecule has 2 radical (unpaired) electrons. The zero-order chi connectivity index (χ0) is 8.27. The highest BCUT2D eigenvalue weighted by Gasteiger charge is 1.99. The van der Waals surface area contributed by atoms with Gasteiger partial charge in [-0.1, -0.05) is 38.1 Å². The number of rotatable bonds is 2. The van der Waals surface area contributed by atoms with Gasteiger partial charge < -0.3 is 0 Å². The minimum absolute atomic E-state index is 1.06. The Morgan fingerprint density at radius 3 is 2.45 bits per heavy atom. The summed E-state index contributed by atoms with van der Waals surface area (Å²) in [5.41, 5.74) is 2.49. The highest BCUT2D eigenvalue weighted by molar-refractivity contribution is 5.31. The van der Waals surface area contributed by atoms with Crippen molar-refractivity contribution in [3.05, 3.63) is 48.2 Å². The van der Waals surface area contributed by atoms with Crippen LogP contribution in [-0.2, 0) is 6.42 Å². The third kappa shape index (κ3) is 2.38. The Hall–Kier alpha value is -0.780. The molecule has 1 aromatic rings. The average Bonchev–Trinajstić information content (AvgIpc) is 1.93. The molecule has 0 aromatic heterocycles. The van der Waals surface area contributed by atoms with Crippen molar-refractivity contribution in [2.24, 2.45) is 0 Å². The van der Waals surface area contributed by atoms with E-state index in [2.05, 4.69) is 39.0 Å². The molecule has 0 spiro atoms. The van der Waals surface area contributed by atoms with Crippen LogP contribution in [0, 0.1) is 12.8 Å². The Kier molecular flexibility index (Phi) is 2.70. The van der Waals surface area contributed by atoms with Crippen molar-refractivity contribution in [1.29, 1.82) is 0 Å². The summed E-state index contributed by atoms with van der Waals surface area (Å²) < 4.78 is 0. The molecule has 0 aliphatic carbocycles. The molecule has 0 bridgehead atoms. The van der Waals surface area contributed by atoms with E-state index < -0.39 is 0 Å². The summed E-state index contributed by atoms with van der Waals surface area (Å²) in [6, 6.07) is 8.28. The summed E-state index contributed by atoms with van der Waals surface area (Å²) in [6.45, 7) is 8.25. The van der Waals surface area contributed by atoms with Crippen molar-refractivity contribution in [1.82, 2.24) is 0 Å². The monoisotopic (exact) mass is 146 g/mol. The van der Waals surface area contributed by atoms with E-state index in [0.717, 1.165) is 12.0 Å². The molecule has 0 saturated heterocycles. The zero-order valence-electron chi connectivity index (χ0n) is 7.22. The lowest BCUT2D eigenvalue weighted by Crippen LogP contribution is -1.93. The summed E-state index contributed by atoms with van der Waals surface area (Å²) in [7, 11) is 0. The first-order chi connectivity index (χ1) is 5.20. The van der Waals surface area contributed by atoms with Crippen LogP contribution in [0.4, 0.5) is 0 Å². The summed E-state index contributed by atoms with van der Waals surface area (Å²) in [6.07, 6.45) is 1.06. The number of hydrogen-bond acceptors (Lipinski definition) is 0. The van der Waals surface area contributed by atoms with Crippen LogP contribution in [-0.4, -0.2) is 0 Å². The van der Waals surface area contributed by atoms with Crippen molar-refractivity contribution in [3.8, 4) is 0 Å². The van der Waals surface area contributed by atoms with Gasteiger partial charge in [-0.05, 0) is 30.4 Å². The molecule has 1 rings (SSSR count). The van der Waals surface area contributed by atoms with Crippen molar-refractivity contribution >= 4 is 0 Å². The fraction of sp³-hybridized carbons (Fsp3) is 0.273. The molecule has 0 nitrogen and oxygen atoms in total. The molecule has 1 aromatic carbocycles. The predicted molar refractivity (Wildman–Crippen MR) is 49.2 cm³/mol. The number of hydrogen-bond donors (Lipinski definition) is 0. The molecule has 11 heavy (non-hydrogen) atoms. The fourth-order valence-corrected chi connectivity index (χ4v) is 1.11. The first-order valence-corrected chi connectivity index (χ1v) is 3.89. The van der Waals surface area contributed by atoms with E-state index in [-0.39, 0.29) is 0 Å². The Bertz CT molecular complexity index is 223. The van der Waals surface area contributed by atoms with Crippen LogP contribution in [0.1, 0.15) is 25.0 Å². The first kappa shape index (κ1) is 8.32. The minimum atomic E-state index is 1.06. The smallest absolute Gasteiger partial charge is 0.0219 e. The van der Waals surface area contributed by atoms with E-state index in [1.165, 1.54) is 11.5 Å². The van der Waals surface area contributed by atoms with Gasteiger partial charge in [0.05, 0.1) is 0 Å². The van der Waals surface area contributed by atoms with Crippen molar-refractivity contribution in [3.63, 3.8) is 0 Å². The normalized spacial score (nSPS) is 10.5. The third-order valence-corrected chi connectivity index (χ3v) is 1.66. The summed E-state index contributed by atoms with van der Waals surface area (Å²) in [5.74, 6) is 1.43. The molecule has 0 heteroatoms. The van der Waals surface area contributed by atoms with E-state index >= 15 is 0 Å². The quantitative estimate of drug-likeness (QED) is 0.601. The molecule has 0 amide bonds. The van der Waals surface area contributed by atoms with Gasteiger partial charge in [-0.15, -0.1) is 0 Å². The largest absolute Gasteiger partial charge is 0.0620 e. The van der Waals surface area contributed by atoms with Crippen molar-refractivity contribution < 1.29 is 0 Å². The molecule has 0 N–H and O–H groups in total. The van der Waals surface area contributed by atoms with Gasteiger partial charge in [0.1, 0.15) is 0 Å². The van der Waals surface area contributed by atoms with Crippen LogP contribution in [0.25, 0.3) is 0 Å². The molecule has 0 unspecified atom stereocenters. The molecule has 0 heterocycles. The van der Waals surface area contributed by atoms with Gasteiger partial charge >= 0.3 is 0 Å². The van der Waals surface area contributed by atoms with Crippen LogP contribution in [0.2, 0.25) is 0 Å². The molecular weight excluding hydrogens is 132 g/mol. The van der Waals surface area contributed by atoms with Crippen LogP contribution in [0.3, 0.4) is 0 Å². The summed E-state index contributed by atoms with van der Waals surface area (Å²) in [5, 5.41) is 0. The highest BCUT2D eigenvalue weighted by Crippen LogP contribution is 2.12. The van der Waals surface area contributed by atoms with Gasteiger partial charge in [0.15, 0.2) is 0 Å². The lowest BCUT2D eigenvalue weighted by Gasteiger charge is -2.06. The van der Waals surface area contributed by atoms with Gasteiger partial charge in [-0.3, -0.25) is 0 Å². The van der Waals surface area contributed by atoms with E-state index in [4.69, 9.17) is 0 Å². The van der Waals surface area contributed by atoms with Crippen LogP contribution in [0.5, 0.6) is 0 Å². The SMILES string of the molecule is [CH2]c1ccccc1C[C](C)C. The first-order valence-electron chi connectivity index (χ1n) is 3.89. The van der Waals surface area contributed by atoms with E-state index in [1.807, 2.05) is 6.07 Å².